The molecule has 2 saturated heterocycles. The van der Waals surface area contributed by atoms with Gasteiger partial charge in [0.1, 0.15) is 0 Å². The molecule has 17 heavy (non-hydrogen) atoms. The number of fused-ring (bicyclic) bond motifs is 1. The van der Waals surface area contributed by atoms with Gasteiger partial charge in [-0.3, -0.25) is 4.79 Å². The molecule has 0 spiro atoms. The number of rotatable bonds is 1. The van der Waals surface area contributed by atoms with Gasteiger partial charge in [-0.15, -0.1) is 0 Å². The van der Waals surface area contributed by atoms with Crippen molar-refractivity contribution in [3.05, 3.63) is 0 Å². The van der Waals surface area contributed by atoms with E-state index in [-0.39, 0.29) is 0 Å². The minimum atomic E-state index is -3.81. The third-order valence-corrected chi connectivity index (χ3v) is 8.28. The van der Waals surface area contributed by atoms with Gasteiger partial charge in [-0.2, -0.15) is 0 Å². The van der Waals surface area contributed by atoms with Crippen LogP contribution in [0.1, 0.15) is 13.8 Å². The summed E-state index contributed by atoms with van der Waals surface area (Å²) < 4.78 is 21.4. The van der Waals surface area contributed by atoms with Gasteiger partial charge >= 0.3 is 0 Å². The predicted molar refractivity (Wildman–Crippen MR) is 63.0 cm³/mol. The highest BCUT2D eigenvalue weighted by molar-refractivity contribution is 9.26. The number of hydrogen-bond donors (Lipinski definition) is 0. The van der Waals surface area contributed by atoms with Crippen molar-refractivity contribution in [2.24, 2.45) is 0 Å². The van der Waals surface area contributed by atoms with Crippen molar-refractivity contribution >= 4 is 53.6 Å². The topological polar surface area (TPSA) is 94.6 Å². The molecule has 6 nitrogen and oxygen atoms in total. The highest BCUT2D eigenvalue weighted by Gasteiger charge is 2.75. The summed E-state index contributed by atoms with van der Waals surface area (Å²) in [4.78, 5) is 23.6. The molecular formula is C8H8Br2NO5S-. The number of alkyl halides is 2. The maximum absolute atomic E-state index is 12.2. The molecule has 0 saturated carbocycles. The molecule has 0 aromatic rings. The quantitative estimate of drug-likeness (QED) is 0.422. The van der Waals surface area contributed by atoms with Crippen LogP contribution in [0.4, 0.5) is 0 Å². The van der Waals surface area contributed by atoms with Crippen LogP contribution in [-0.2, 0) is 19.4 Å². The molecule has 0 aliphatic carbocycles. The van der Waals surface area contributed by atoms with Gasteiger partial charge in [0.15, 0.2) is 18.4 Å². The van der Waals surface area contributed by atoms with Crippen molar-refractivity contribution < 1.29 is 23.1 Å². The standard InChI is InChI=1S/C8H9Br2NO5S/c1-7(2)3(4(12)13)11-5(14)8(9,10)6(11)17(7,15)16/h3,6H,1-2H3,(H,12,13)/p-1/t3-,6-/m0/s1. The van der Waals surface area contributed by atoms with E-state index in [4.69, 9.17) is 0 Å². The van der Waals surface area contributed by atoms with Crippen molar-refractivity contribution in [2.75, 3.05) is 0 Å². The molecule has 1 amide bonds. The Morgan fingerprint density at radius 2 is 1.88 bits per heavy atom. The number of halogens is 2. The van der Waals surface area contributed by atoms with Gasteiger partial charge < -0.3 is 14.8 Å². The number of sulfone groups is 1. The second-order valence-corrected chi connectivity index (χ2v) is 10.7. The molecule has 2 heterocycles. The van der Waals surface area contributed by atoms with Crippen LogP contribution in [0.25, 0.3) is 0 Å². The Morgan fingerprint density at radius 3 is 2.29 bits per heavy atom. The van der Waals surface area contributed by atoms with Gasteiger partial charge in [-0.25, -0.2) is 8.42 Å². The monoisotopic (exact) mass is 388 g/mol. The molecular weight excluding hydrogens is 382 g/mol. The van der Waals surface area contributed by atoms with E-state index in [0.717, 1.165) is 4.90 Å². The van der Waals surface area contributed by atoms with Crippen LogP contribution in [0, 0.1) is 0 Å². The van der Waals surface area contributed by atoms with Gasteiger partial charge in [-0.1, -0.05) is 31.9 Å². The Hall–Kier alpha value is -0.150. The molecule has 2 aliphatic rings. The van der Waals surface area contributed by atoms with Crippen LogP contribution < -0.4 is 5.11 Å². The van der Waals surface area contributed by atoms with E-state index >= 15 is 0 Å². The number of β-lactam (4-membered cyclic amide) rings is 1. The van der Waals surface area contributed by atoms with E-state index in [1.807, 2.05) is 0 Å². The first-order valence-corrected chi connectivity index (χ1v) is 7.75. The predicted octanol–water partition coefficient (Wildman–Crippen LogP) is -1.03. The van der Waals surface area contributed by atoms with E-state index < -0.39 is 41.1 Å². The number of aliphatic carboxylic acids is 1. The largest absolute Gasteiger partial charge is 0.548 e. The highest BCUT2D eigenvalue weighted by atomic mass is 79.9. The van der Waals surface area contributed by atoms with E-state index in [2.05, 4.69) is 31.9 Å². The molecule has 2 atom stereocenters. The first-order valence-electron chi connectivity index (χ1n) is 4.62. The van der Waals surface area contributed by atoms with Crippen molar-refractivity contribution in [1.29, 1.82) is 0 Å². The zero-order valence-corrected chi connectivity index (χ0v) is 12.8. The molecule has 0 N–H and O–H groups in total. The molecule has 0 bridgehead atoms. The summed E-state index contributed by atoms with van der Waals surface area (Å²) in [6, 6.07) is -1.46. The summed E-state index contributed by atoms with van der Waals surface area (Å²) in [6.45, 7) is 2.56. The van der Waals surface area contributed by atoms with Gasteiger partial charge in [0.25, 0.3) is 5.91 Å². The van der Waals surface area contributed by atoms with E-state index in [1.165, 1.54) is 13.8 Å². The lowest BCUT2D eigenvalue weighted by Gasteiger charge is -2.46. The number of carboxylic acid groups (broad SMARTS) is 1. The first kappa shape index (κ1) is 13.3. The fraction of sp³-hybridized carbons (Fsp3) is 0.750. The van der Waals surface area contributed by atoms with Crippen molar-refractivity contribution in [1.82, 2.24) is 4.90 Å². The molecule has 9 heteroatoms. The minimum Gasteiger partial charge on any atom is -0.548 e. The number of hydrogen-bond acceptors (Lipinski definition) is 5. The summed E-state index contributed by atoms with van der Waals surface area (Å²) in [7, 11) is -3.81. The minimum absolute atomic E-state index is 0.620. The van der Waals surface area contributed by atoms with E-state index in [1.54, 1.807) is 0 Å². The zero-order valence-electron chi connectivity index (χ0n) is 8.81. The zero-order chi connectivity index (χ0) is 13.4. The van der Waals surface area contributed by atoms with Crippen molar-refractivity contribution in [2.45, 2.75) is 33.2 Å². The summed E-state index contributed by atoms with van der Waals surface area (Å²) in [6.07, 6.45) is 0. The van der Waals surface area contributed by atoms with Crippen LogP contribution in [0.5, 0.6) is 0 Å². The maximum atomic E-state index is 12.2. The summed E-state index contributed by atoms with van der Waals surface area (Å²) in [5.74, 6) is -2.18. The Kier molecular flexibility index (Phi) is 2.53. The Bertz CT molecular complexity index is 526. The van der Waals surface area contributed by atoms with Crippen LogP contribution in [0.2, 0.25) is 0 Å². The fourth-order valence-electron chi connectivity index (χ4n) is 2.27. The Morgan fingerprint density at radius 1 is 1.41 bits per heavy atom. The lowest BCUT2D eigenvalue weighted by atomic mass is 9.98. The number of carbonyl (C=O) groups excluding carboxylic acids is 2. The molecule has 2 fully saturated rings. The summed E-state index contributed by atoms with van der Waals surface area (Å²) in [5.41, 5.74) is 0. The first-order chi connectivity index (χ1) is 7.47. The van der Waals surface area contributed by atoms with Crippen molar-refractivity contribution in [3.8, 4) is 0 Å². The lowest BCUT2D eigenvalue weighted by Crippen LogP contribution is -2.70. The smallest absolute Gasteiger partial charge is 0.255 e. The number of carbonyl (C=O) groups is 2. The van der Waals surface area contributed by atoms with Gasteiger partial charge in [0, 0.05) is 0 Å². The Labute approximate surface area is 115 Å². The van der Waals surface area contributed by atoms with Crippen LogP contribution >= 0.6 is 31.9 Å². The maximum Gasteiger partial charge on any atom is 0.255 e. The molecule has 2 rings (SSSR count). The molecule has 0 aromatic heterocycles. The van der Waals surface area contributed by atoms with Crippen LogP contribution in [-0.4, -0.2) is 44.6 Å². The highest BCUT2D eigenvalue weighted by Crippen LogP contribution is 2.56. The average Bonchev–Trinajstić information content (AvgIpc) is 2.29. The second kappa shape index (κ2) is 3.24. The molecule has 0 aromatic carbocycles. The number of amides is 1. The molecule has 2 aliphatic heterocycles. The summed E-state index contributed by atoms with van der Waals surface area (Å²) in [5, 5.41) is 9.83. The lowest BCUT2D eigenvalue weighted by molar-refractivity contribution is -0.312. The number of carboxylic acids is 1. The third kappa shape index (κ3) is 1.27. The number of nitrogens with zero attached hydrogens (tertiary/aromatic N) is 1. The fourth-order valence-corrected chi connectivity index (χ4v) is 6.70. The van der Waals surface area contributed by atoms with E-state index in [0.29, 0.717) is 0 Å². The summed E-state index contributed by atoms with van der Waals surface area (Å²) >= 11 is 5.95. The third-order valence-electron chi connectivity index (χ3n) is 3.27. The van der Waals surface area contributed by atoms with Gasteiger partial charge in [0.2, 0.25) is 0 Å². The van der Waals surface area contributed by atoms with E-state index in [9.17, 15) is 23.1 Å². The normalized spacial score (nSPS) is 36.2. The molecule has 96 valence electrons. The van der Waals surface area contributed by atoms with Crippen LogP contribution in [0.3, 0.4) is 0 Å². The van der Waals surface area contributed by atoms with Crippen LogP contribution in [0.15, 0.2) is 0 Å². The van der Waals surface area contributed by atoms with Gasteiger partial charge in [-0.05, 0) is 13.8 Å². The van der Waals surface area contributed by atoms with Crippen molar-refractivity contribution in [3.63, 3.8) is 0 Å². The SMILES string of the molecule is CC1(C)[C@H](C(=O)[O-])N2C(=O)C(Br)(Br)[C@@H]2S1(=O)=O. The average molecular weight is 390 g/mol. The second-order valence-electron chi connectivity index (χ2n) is 4.56. The molecule has 0 radical (unpaired) electrons. The van der Waals surface area contributed by atoms with Gasteiger partial charge in [0.05, 0.1) is 16.8 Å². The Balaban J connectivity index is 2.65. The molecule has 0 unspecified atom stereocenters.